The Balaban J connectivity index is 0.00000320. The summed E-state index contributed by atoms with van der Waals surface area (Å²) in [4.78, 5) is 9.87. The van der Waals surface area contributed by atoms with Crippen molar-refractivity contribution in [3.8, 4) is 0 Å². The van der Waals surface area contributed by atoms with Gasteiger partial charge in [0.1, 0.15) is 5.82 Å². The highest BCUT2D eigenvalue weighted by Crippen LogP contribution is 2.32. The van der Waals surface area contributed by atoms with Gasteiger partial charge in [-0.25, -0.2) is 13.8 Å². The van der Waals surface area contributed by atoms with Crippen LogP contribution in [0.4, 0.5) is 27.8 Å². The van der Waals surface area contributed by atoms with Crippen molar-refractivity contribution in [2.75, 3.05) is 25.0 Å². The van der Waals surface area contributed by atoms with E-state index in [0.29, 0.717) is 31.5 Å². The molecule has 2 aromatic rings. The molecule has 1 saturated heterocycles. The predicted octanol–water partition coefficient (Wildman–Crippen LogP) is 3.94. The smallest absolute Gasteiger partial charge is 0.352 e. The number of hydrogen-bond acceptors (Lipinski definition) is 3. The van der Waals surface area contributed by atoms with Crippen molar-refractivity contribution in [3.63, 3.8) is 0 Å². The molecule has 0 spiro atoms. The van der Waals surface area contributed by atoms with E-state index in [4.69, 9.17) is 0 Å². The molecule has 30 heavy (non-hydrogen) atoms. The summed E-state index contributed by atoms with van der Waals surface area (Å²) >= 11 is 0. The van der Waals surface area contributed by atoms with Gasteiger partial charge in [0.15, 0.2) is 17.6 Å². The van der Waals surface area contributed by atoms with Crippen LogP contribution in [0.25, 0.3) is 0 Å². The second-order valence-electron chi connectivity index (χ2n) is 6.61. The van der Waals surface area contributed by atoms with E-state index in [1.165, 1.54) is 25.4 Å². The van der Waals surface area contributed by atoms with E-state index in [0.717, 1.165) is 12.1 Å². The fourth-order valence-corrected chi connectivity index (χ4v) is 3.21. The highest BCUT2D eigenvalue weighted by Gasteiger charge is 2.33. The number of guanidine groups is 1. The molecular weight excluding hydrogens is 520 g/mol. The normalized spacial score (nSPS) is 16.9. The molecule has 0 saturated carbocycles. The maximum atomic E-state index is 13.9. The summed E-state index contributed by atoms with van der Waals surface area (Å²) in [6.45, 7) is 0.873. The van der Waals surface area contributed by atoms with Crippen molar-refractivity contribution in [1.82, 2.24) is 15.6 Å². The molecule has 3 rings (SSSR count). The molecule has 1 unspecified atom stereocenters. The number of nitrogens with zero attached hydrogens (tertiary/aromatic N) is 3. The lowest BCUT2D eigenvalue weighted by Crippen LogP contribution is -2.44. The summed E-state index contributed by atoms with van der Waals surface area (Å²) in [5.41, 5.74) is -1.12. The minimum absolute atomic E-state index is 0. The third-order valence-electron chi connectivity index (χ3n) is 4.61. The van der Waals surface area contributed by atoms with Crippen LogP contribution in [0.3, 0.4) is 0 Å². The second kappa shape index (κ2) is 10.2. The first kappa shape index (κ1) is 24.1. The van der Waals surface area contributed by atoms with Gasteiger partial charge in [0, 0.05) is 38.9 Å². The zero-order valence-electron chi connectivity index (χ0n) is 16.0. The van der Waals surface area contributed by atoms with Gasteiger partial charge in [0.25, 0.3) is 0 Å². The van der Waals surface area contributed by atoms with Gasteiger partial charge < -0.3 is 15.5 Å². The van der Waals surface area contributed by atoms with Crippen LogP contribution < -0.4 is 15.5 Å². The molecule has 1 aliphatic heterocycles. The average molecular weight is 541 g/mol. The zero-order valence-corrected chi connectivity index (χ0v) is 18.3. The lowest BCUT2D eigenvalue weighted by atomic mass is 10.1. The van der Waals surface area contributed by atoms with Crippen LogP contribution >= 0.6 is 24.0 Å². The van der Waals surface area contributed by atoms with E-state index in [-0.39, 0.29) is 47.9 Å². The molecular formula is C19H21F5IN5. The molecule has 1 aromatic heterocycles. The van der Waals surface area contributed by atoms with Gasteiger partial charge in [0.2, 0.25) is 0 Å². The van der Waals surface area contributed by atoms with Gasteiger partial charge in [-0.3, -0.25) is 4.99 Å². The number of alkyl halides is 3. The Kier molecular flexibility index (Phi) is 8.21. The molecule has 11 heteroatoms. The molecule has 1 atom stereocenters. The third-order valence-corrected chi connectivity index (χ3v) is 4.61. The highest BCUT2D eigenvalue weighted by molar-refractivity contribution is 14.0. The number of benzene rings is 1. The second-order valence-corrected chi connectivity index (χ2v) is 6.61. The summed E-state index contributed by atoms with van der Waals surface area (Å²) in [7, 11) is 1.50. The standard InChI is InChI=1S/C19H20F5N5.HI/c1-25-18(27-10-12-4-5-13(20)9-15(12)19(22,23)24)28-14-6-8-29(11-14)17-16(21)3-2-7-26-17;/h2-5,7,9,14H,6,8,10-11H2,1H3,(H2,25,27,28);1H. The molecule has 2 heterocycles. The summed E-state index contributed by atoms with van der Waals surface area (Å²) in [5.74, 6) is -0.792. The Labute approximate surface area is 187 Å². The Morgan fingerprint density at radius 3 is 2.70 bits per heavy atom. The minimum atomic E-state index is -4.66. The molecule has 1 aliphatic rings. The number of halogens is 6. The molecule has 0 amide bonds. The van der Waals surface area contributed by atoms with Crippen molar-refractivity contribution in [2.45, 2.75) is 25.2 Å². The SMILES string of the molecule is CN=C(NCc1ccc(F)cc1C(F)(F)F)NC1CCN(c2ncccc2F)C1.I. The van der Waals surface area contributed by atoms with Crippen molar-refractivity contribution < 1.29 is 22.0 Å². The lowest BCUT2D eigenvalue weighted by molar-refractivity contribution is -0.138. The molecule has 1 aromatic carbocycles. The van der Waals surface area contributed by atoms with Crippen LogP contribution in [0.15, 0.2) is 41.5 Å². The van der Waals surface area contributed by atoms with E-state index in [1.807, 2.05) is 0 Å². The zero-order chi connectivity index (χ0) is 21.0. The van der Waals surface area contributed by atoms with Gasteiger partial charge in [-0.05, 0) is 36.2 Å². The van der Waals surface area contributed by atoms with Crippen LogP contribution in [-0.4, -0.2) is 37.1 Å². The number of hydrogen-bond donors (Lipinski definition) is 2. The van der Waals surface area contributed by atoms with E-state index >= 15 is 0 Å². The number of nitrogens with one attached hydrogen (secondary N) is 2. The minimum Gasteiger partial charge on any atom is -0.352 e. The Bertz CT molecular complexity index is 890. The van der Waals surface area contributed by atoms with E-state index in [9.17, 15) is 22.0 Å². The maximum Gasteiger partial charge on any atom is 0.416 e. The van der Waals surface area contributed by atoms with Crippen LogP contribution in [0.1, 0.15) is 17.5 Å². The fraction of sp³-hybridized carbons (Fsp3) is 0.368. The molecule has 5 nitrogen and oxygen atoms in total. The van der Waals surface area contributed by atoms with Crippen LogP contribution in [0.5, 0.6) is 0 Å². The maximum absolute atomic E-state index is 13.9. The first-order chi connectivity index (χ1) is 13.8. The quantitative estimate of drug-likeness (QED) is 0.267. The number of pyridine rings is 1. The molecule has 1 fully saturated rings. The van der Waals surface area contributed by atoms with Crippen molar-refractivity contribution in [3.05, 3.63) is 59.3 Å². The van der Waals surface area contributed by atoms with E-state index in [1.54, 1.807) is 4.90 Å². The van der Waals surface area contributed by atoms with Crippen molar-refractivity contribution in [2.24, 2.45) is 4.99 Å². The largest absolute Gasteiger partial charge is 0.416 e. The van der Waals surface area contributed by atoms with Gasteiger partial charge in [0.05, 0.1) is 5.56 Å². The van der Waals surface area contributed by atoms with E-state index < -0.39 is 23.4 Å². The summed E-state index contributed by atoms with van der Waals surface area (Å²) in [6.07, 6.45) is -2.46. The van der Waals surface area contributed by atoms with E-state index in [2.05, 4.69) is 20.6 Å². The Hall–Kier alpha value is -2.18. The van der Waals surface area contributed by atoms with Crippen molar-refractivity contribution in [1.29, 1.82) is 0 Å². The monoisotopic (exact) mass is 541 g/mol. The number of rotatable bonds is 4. The molecule has 2 N–H and O–H groups in total. The summed E-state index contributed by atoms with van der Waals surface area (Å²) in [5, 5.41) is 5.94. The molecule has 164 valence electrons. The van der Waals surface area contributed by atoms with Crippen molar-refractivity contribution >= 4 is 35.8 Å². The lowest BCUT2D eigenvalue weighted by Gasteiger charge is -2.20. The van der Waals surface area contributed by atoms with Gasteiger partial charge >= 0.3 is 6.18 Å². The average Bonchev–Trinajstić information content (AvgIpc) is 3.13. The van der Waals surface area contributed by atoms with Gasteiger partial charge in [-0.1, -0.05) is 6.07 Å². The third kappa shape index (κ3) is 5.92. The Morgan fingerprint density at radius 2 is 2.03 bits per heavy atom. The topological polar surface area (TPSA) is 52.6 Å². The highest BCUT2D eigenvalue weighted by atomic mass is 127. The number of anilines is 1. The van der Waals surface area contributed by atoms with Crippen LogP contribution in [-0.2, 0) is 12.7 Å². The van der Waals surface area contributed by atoms with Gasteiger partial charge in [-0.15, -0.1) is 24.0 Å². The molecule has 0 aliphatic carbocycles. The van der Waals surface area contributed by atoms with Crippen LogP contribution in [0.2, 0.25) is 0 Å². The summed E-state index contributed by atoms with van der Waals surface area (Å²) < 4.78 is 66.5. The fourth-order valence-electron chi connectivity index (χ4n) is 3.21. The molecule has 0 bridgehead atoms. The Morgan fingerprint density at radius 1 is 1.27 bits per heavy atom. The predicted molar refractivity (Wildman–Crippen MR) is 115 cm³/mol. The molecule has 0 radical (unpaired) electrons. The number of aliphatic imine (C=N–C) groups is 1. The van der Waals surface area contributed by atoms with Crippen LogP contribution in [0, 0.1) is 11.6 Å². The first-order valence-electron chi connectivity index (χ1n) is 8.96. The van der Waals surface area contributed by atoms with Gasteiger partial charge in [-0.2, -0.15) is 13.2 Å². The summed E-state index contributed by atoms with van der Waals surface area (Å²) in [6, 6.07) is 5.32. The first-order valence-corrected chi connectivity index (χ1v) is 8.96. The number of aromatic nitrogens is 1.